The first kappa shape index (κ1) is 12.2. The highest BCUT2D eigenvalue weighted by Crippen LogP contribution is 2.27. The zero-order chi connectivity index (χ0) is 13.3. The molecule has 0 aliphatic rings. The van der Waals surface area contributed by atoms with Gasteiger partial charge in [-0.1, -0.05) is 0 Å². The molecule has 2 rings (SSSR count). The van der Waals surface area contributed by atoms with Gasteiger partial charge in [-0.3, -0.25) is 4.79 Å². The molecule has 1 amide bonds. The van der Waals surface area contributed by atoms with Crippen LogP contribution in [0, 0.1) is 0 Å². The van der Waals surface area contributed by atoms with E-state index in [1.54, 1.807) is 0 Å². The summed E-state index contributed by atoms with van der Waals surface area (Å²) in [6.07, 6.45) is -2.73. The molecule has 0 aliphatic heterocycles. The number of ether oxygens (including phenoxy) is 1. The summed E-state index contributed by atoms with van der Waals surface area (Å²) in [4.78, 5) is 11.1. The first-order valence-electron chi connectivity index (χ1n) is 4.96. The van der Waals surface area contributed by atoms with E-state index >= 15 is 0 Å². The fourth-order valence-corrected chi connectivity index (χ4v) is 1.55. The summed E-state index contributed by atoms with van der Waals surface area (Å²) in [5, 5.41) is 7.39. The molecule has 5 nitrogen and oxygen atoms in total. The third-order valence-corrected chi connectivity index (χ3v) is 2.40. The van der Waals surface area contributed by atoms with Gasteiger partial charge in [-0.15, -0.1) is 10.2 Å². The Labute approximate surface area is 101 Å². The standard InChI is InChI=1S/C11H9F2N3O2/c1-18-8-4-6(11(14)17)2-5-3-7(10(12)13)15-16-9(5)8/h2-4,10H,1H3,(H2,14,17). The van der Waals surface area contributed by atoms with Gasteiger partial charge in [-0.25, -0.2) is 8.78 Å². The number of fused-ring (bicyclic) bond motifs is 1. The molecular weight excluding hydrogens is 244 g/mol. The molecule has 0 bridgehead atoms. The van der Waals surface area contributed by atoms with Crippen molar-refractivity contribution in [3.63, 3.8) is 0 Å². The molecule has 7 heteroatoms. The van der Waals surface area contributed by atoms with E-state index in [4.69, 9.17) is 10.5 Å². The zero-order valence-corrected chi connectivity index (χ0v) is 9.35. The van der Waals surface area contributed by atoms with E-state index in [-0.39, 0.29) is 11.3 Å². The molecule has 0 aliphatic carbocycles. The maximum atomic E-state index is 12.5. The Balaban J connectivity index is 2.72. The Morgan fingerprint density at radius 2 is 2.06 bits per heavy atom. The van der Waals surface area contributed by atoms with E-state index in [2.05, 4.69) is 10.2 Å². The van der Waals surface area contributed by atoms with Crippen LogP contribution in [-0.2, 0) is 0 Å². The number of carbonyl (C=O) groups excluding carboxylic acids is 1. The third-order valence-electron chi connectivity index (χ3n) is 2.40. The highest BCUT2D eigenvalue weighted by Gasteiger charge is 2.14. The monoisotopic (exact) mass is 253 g/mol. The topological polar surface area (TPSA) is 78.1 Å². The minimum absolute atomic E-state index is 0.160. The van der Waals surface area contributed by atoms with Crippen molar-refractivity contribution in [2.45, 2.75) is 6.43 Å². The summed E-state index contributed by atoms with van der Waals surface area (Å²) >= 11 is 0. The van der Waals surface area contributed by atoms with Crippen LogP contribution in [0.25, 0.3) is 10.9 Å². The molecular formula is C11H9F2N3O2. The fraction of sp³-hybridized carbons (Fsp3) is 0.182. The second kappa shape index (κ2) is 4.52. The van der Waals surface area contributed by atoms with Crippen molar-refractivity contribution >= 4 is 16.8 Å². The van der Waals surface area contributed by atoms with E-state index in [0.29, 0.717) is 10.9 Å². The molecule has 0 unspecified atom stereocenters. The molecule has 0 radical (unpaired) electrons. The number of nitrogens with zero attached hydrogens (tertiary/aromatic N) is 2. The lowest BCUT2D eigenvalue weighted by molar-refractivity contribution is 0.1000. The Kier molecular flexibility index (Phi) is 3.05. The number of primary amides is 1. The number of aromatic nitrogens is 2. The SMILES string of the molecule is COc1cc(C(N)=O)cc2cc(C(F)F)nnc12. The van der Waals surface area contributed by atoms with Crippen LogP contribution in [0.4, 0.5) is 8.78 Å². The maximum absolute atomic E-state index is 12.5. The van der Waals surface area contributed by atoms with E-state index in [0.717, 1.165) is 6.07 Å². The summed E-state index contributed by atoms with van der Waals surface area (Å²) < 4.78 is 30.0. The van der Waals surface area contributed by atoms with Crippen LogP contribution < -0.4 is 10.5 Å². The van der Waals surface area contributed by atoms with Gasteiger partial charge in [0.25, 0.3) is 6.43 Å². The molecule has 94 valence electrons. The van der Waals surface area contributed by atoms with Crippen molar-refractivity contribution in [3.05, 3.63) is 29.5 Å². The van der Waals surface area contributed by atoms with Gasteiger partial charge in [0.05, 0.1) is 7.11 Å². The summed E-state index contributed by atoms with van der Waals surface area (Å²) in [7, 11) is 1.38. The van der Waals surface area contributed by atoms with Crippen molar-refractivity contribution in [2.75, 3.05) is 7.11 Å². The van der Waals surface area contributed by atoms with Crippen LogP contribution in [0.5, 0.6) is 5.75 Å². The molecule has 2 aromatic rings. The number of nitrogens with two attached hydrogens (primary N) is 1. The van der Waals surface area contributed by atoms with Crippen LogP contribution in [0.2, 0.25) is 0 Å². The second-order valence-electron chi connectivity index (χ2n) is 3.55. The van der Waals surface area contributed by atoms with Crippen molar-refractivity contribution in [3.8, 4) is 5.75 Å². The smallest absolute Gasteiger partial charge is 0.282 e. The number of hydrogen-bond acceptors (Lipinski definition) is 4. The number of hydrogen-bond donors (Lipinski definition) is 1. The summed E-state index contributed by atoms with van der Waals surface area (Å²) in [6, 6.07) is 3.92. The lowest BCUT2D eigenvalue weighted by Gasteiger charge is -2.07. The number of amides is 1. The molecule has 1 aromatic carbocycles. The first-order chi connectivity index (χ1) is 8.52. The fourth-order valence-electron chi connectivity index (χ4n) is 1.55. The first-order valence-corrected chi connectivity index (χ1v) is 4.96. The quantitative estimate of drug-likeness (QED) is 0.902. The van der Waals surface area contributed by atoms with Crippen LogP contribution in [0.3, 0.4) is 0 Å². The second-order valence-corrected chi connectivity index (χ2v) is 3.55. The highest BCUT2D eigenvalue weighted by molar-refractivity contribution is 5.98. The van der Waals surface area contributed by atoms with Crippen LogP contribution in [-0.4, -0.2) is 23.2 Å². The van der Waals surface area contributed by atoms with Gasteiger partial charge >= 0.3 is 0 Å². The molecule has 2 N–H and O–H groups in total. The average Bonchev–Trinajstić information content (AvgIpc) is 2.36. The molecule has 0 atom stereocenters. The van der Waals surface area contributed by atoms with Gasteiger partial charge < -0.3 is 10.5 Å². The number of benzene rings is 1. The van der Waals surface area contributed by atoms with E-state index in [1.165, 1.54) is 19.2 Å². The summed E-state index contributed by atoms with van der Waals surface area (Å²) in [6.45, 7) is 0. The average molecular weight is 253 g/mol. The Morgan fingerprint density at radius 3 is 2.61 bits per heavy atom. The number of methoxy groups -OCH3 is 1. The molecule has 1 aromatic heterocycles. The number of alkyl halides is 2. The van der Waals surface area contributed by atoms with Gasteiger partial charge in [0.1, 0.15) is 17.0 Å². The van der Waals surface area contributed by atoms with Gasteiger partial charge in [-0.05, 0) is 18.2 Å². The minimum Gasteiger partial charge on any atom is -0.494 e. The molecule has 0 fully saturated rings. The Morgan fingerprint density at radius 1 is 1.33 bits per heavy atom. The Hall–Kier alpha value is -2.31. The van der Waals surface area contributed by atoms with E-state index in [1.807, 2.05) is 0 Å². The normalized spacial score (nSPS) is 10.9. The molecule has 1 heterocycles. The number of rotatable bonds is 3. The largest absolute Gasteiger partial charge is 0.494 e. The summed E-state index contributed by atoms with van der Waals surface area (Å²) in [5.41, 5.74) is 5.14. The lowest BCUT2D eigenvalue weighted by atomic mass is 10.1. The highest BCUT2D eigenvalue weighted by atomic mass is 19.3. The third kappa shape index (κ3) is 2.06. The van der Waals surface area contributed by atoms with Gasteiger partial charge in [0.15, 0.2) is 0 Å². The zero-order valence-electron chi connectivity index (χ0n) is 9.35. The molecule has 0 saturated carbocycles. The van der Waals surface area contributed by atoms with Crippen LogP contribution in [0.1, 0.15) is 22.5 Å². The van der Waals surface area contributed by atoms with Crippen LogP contribution >= 0.6 is 0 Å². The van der Waals surface area contributed by atoms with Gasteiger partial charge in [0.2, 0.25) is 5.91 Å². The molecule has 0 spiro atoms. The maximum Gasteiger partial charge on any atom is 0.282 e. The number of carbonyl (C=O) groups is 1. The number of halogens is 2. The van der Waals surface area contributed by atoms with E-state index < -0.39 is 18.0 Å². The van der Waals surface area contributed by atoms with Crippen LogP contribution in [0.15, 0.2) is 18.2 Å². The predicted molar refractivity (Wildman–Crippen MR) is 59.6 cm³/mol. The Bertz CT molecular complexity index is 617. The van der Waals surface area contributed by atoms with E-state index in [9.17, 15) is 13.6 Å². The van der Waals surface area contributed by atoms with Gasteiger partial charge in [0, 0.05) is 10.9 Å². The van der Waals surface area contributed by atoms with Gasteiger partial charge in [-0.2, -0.15) is 0 Å². The van der Waals surface area contributed by atoms with Crippen molar-refractivity contribution in [1.29, 1.82) is 0 Å². The predicted octanol–water partition coefficient (Wildman–Crippen LogP) is 1.67. The summed E-state index contributed by atoms with van der Waals surface area (Å²) in [5.74, 6) is -0.416. The lowest BCUT2D eigenvalue weighted by Crippen LogP contribution is -2.11. The van der Waals surface area contributed by atoms with Crippen molar-refractivity contribution in [2.24, 2.45) is 5.73 Å². The van der Waals surface area contributed by atoms with Crippen molar-refractivity contribution < 1.29 is 18.3 Å². The molecule has 0 saturated heterocycles. The molecule has 18 heavy (non-hydrogen) atoms. The minimum atomic E-state index is -2.73. The van der Waals surface area contributed by atoms with Crippen molar-refractivity contribution in [1.82, 2.24) is 10.2 Å².